The number of ether oxygens (including phenoxy) is 2. The summed E-state index contributed by atoms with van der Waals surface area (Å²) in [5, 5.41) is 20.2. The molecule has 318 valence electrons. The first-order valence-corrected chi connectivity index (χ1v) is 22.0. The largest absolute Gasteiger partial charge is 0.515 e. The predicted molar refractivity (Wildman–Crippen MR) is 213 cm³/mol. The van der Waals surface area contributed by atoms with Crippen LogP contribution in [0.25, 0.3) is 0 Å². The molecule has 4 aliphatic heterocycles. The van der Waals surface area contributed by atoms with Gasteiger partial charge < -0.3 is 25.4 Å². The number of nitrogens with two attached hydrogens (primary N) is 2. The maximum Gasteiger partial charge on any atom is 0.310 e. The highest BCUT2D eigenvalue weighted by Gasteiger charge is 2.52. The van der Waals surface area contributed by atoms with Crippen LogP contribution < -0.4 is 17.0 Å². The number of aromatic nitrogens is 2. The number of H-pyrrole nitrogens is 1. The van der Waals surface area contributed by atoms with E-state index >= 15 is 0 Å². The van der Waals surface area contributed by atoms with Crippen molar-refractivity contribution in [2.45, 2.75) is 91.6 Å². The molecule has 7 rings (SSSR count). The molecule has 4 aliphatic rings. The number of aliphatic hydroxyl groups excluding tert-OH is 1. The number of sulfonamides is 1. The molecule has 1 aromatic heterocycles. The summed E-state index contributed by atoms with van der Waals surface area (Å²) in [4.78, 5) is 37.5. The second-order valence-corrected chi connectivity index (χ2v) is 18.8. The Labute approximate surface area is 346 Å². The number of fused-ring (bicyclic) bond motifs is 6. The number of hydrogen-bond acceptors (Lipinski definition) is 14. The third-order valence-electron chi connectivity index (χ3n) is 10.6. The van der Waals surface area contributed by atoms with Gasteiger partial charge in [-0.2, -0.15) is 9.40 Å². The maximum atomic E-state index is 13.5. The molecule has 0 saturated carbocycles. The highest BCUT2D eigenvalue weighted by molar-refractivity contribution is 7.92. The van der Waals surface area contributed by atoms with Gasteiger partial charge in [0.25, 0.3) is 0 Å². The van der Waals surface area contributed by atoms with E-state index in [9.17, 15) is 36.3 Å². The van der Waals surface area contributed by atoms with E-state index in [1.165, 1.54) is 40.7 Å². The number of sulfone groups is 1. The SMILES string of the molecule is CCOC(=O)C1CC2CC(=O)/C(=C\O)C(C1)N2S(=O)(=O)c1ccc(Cl)cc1.CCOC(=O)C1CC2NC(Cc3[nH]ncc32)CC1S(=O)(=O)c1ccc(Cl)cc1.NN.O. The summed E-state index contributed by atoms with van der Waals surface area (Å²) in [5.41, 5.74) is 1.99. The summed E-state index contributed by atoms with van der Waals surface area (Å²) in [5.74, 6) is 5.52. The summed E-state index contributed by atoms with van der Waals surface area (Å²) >= 11 is 11.8. The molecule has 7 unspecified atom stereocenters. The summed E-state index contributed by atoms with van der Waals surface area (Å²) in [6, 6.07) is 10.1. The molecule has 3 fully saturated rings. The number of Topliss-reactive ketones (excluding diaryl/α,β-unsaturated/α-hetero) is 1. The third-order valence-corrected chi connectivity index (χ3v) is 15.3. The first-order valence-electron chi connectivity index (χ1n) is 18.3. The number of carbonyl (C=O) groups is 3. The second-order valence-electron chi connectivity index (χ2n) is 13.9. The molecule has 4 bridgehead atoms. The number of nitrogens with zero attached hydrogens (tertiary/aromatic N) is 2. The minimum atomic E-state index is -3.95. The lowest BCUT2D eigenvalue weighted by molar-refractivity contribution is -0.151. The quantitative estimate of drug-likeness (QED) is 0.0715. The zero-order valence-corrected chi connectivity index (χ0v) is 34.9. The Bertz CT molecular complexity index is 2170. The van der Waals surface area contributed by atoms with Crippen LogP contribution in [0.5, 0.6) is 0 Å². The molecule has 58 heavy (non-hydrogen) atoms. The molecule has 17 nitrogen and oxygen atoms in total. The van der Waals surface area contributed by atoms with Crippen molar-refractivity contribution >= 4 is 60.8 Å². The fourth-order valence-corrected chi connectivity index (χ4v) is 12.2. The van der Waals surface area contributed by atoms with Crippen LogP contribution in [0.15, 0.2) is 76.4 Å². The number of aliphatic hydroxyl groups is 1. The van der Waals surface area contributed by atoms with Crippen molar-refractivity contribution in [2.24, 2.45) is 23.5 Å². The molecule has 0 amide bonds. The van der Waals surface area contributed by atoms with Crippen LogP contribution in [0.1, 0.15) is 63.3 Å². The topological polar surface area (TPSA) is 286 Å². The van der Waals surface area contributed by atoms with Gasteiger partial charge in [0.2, 0.25) is 10.0 Å². The Morgan fingerprint density at radius 3 is 2.07 bits per heavy atom. The van der Waals surface area contributed by atoms with Gasteiger partial charge in [0.1, 0.15) is 0 Å². The first-order chi connectivity index (χ1) is 27.2. The zero-order chi connectivity index (χ0) is 41.7. The normalized spacial score (nSPS) is 25.9. The predicted octanol–water partition coefficient (Wildman–Crippen LogP) is 2.88. The molecule has 5 heterocycles. The Balaban J connectivity index is 0.000000242. The van der Waals surface area contributed by atoms with Crippen LogP contribution >= 0.6 is 23.2 Å². The van der Waals surface area contributed by atoms with Crippen LogP contribution in [0.3, 0.4) is 0 Å². The Morgan fingerprint density at radius 2 is 1.48 bits per heavy atom. The first kappa shape index (κ1) is 46.8. The van der Waals surface area contributed by atoms with E-state index < -0.39 is 61.0 Å². The second kappa shape index (κ2) is 19.9. The van der Waals surface area contributed by atoms with E-state index in [4.69, 9.17) is 32.7 Å². The highest BCUT2D eigenvalue weighted by Crippen LogP contribution is 2.43. The Kier molecular flexibility index (Phi) is 16.0. The molecule has 3 saturated heterocycles. The third kappa shape index (κ3) is 9.75. The van der Waals surface area contributed by atoms with Crippen LogP contribution in [0.2, 0.25) is 10.0 Å². The number of esters is 2. The fraction of sp³-hybridized carbons (Fsp3) is 0.459. The minimum absolute atomic E-state index is 0. The standard InChI is InChI=1S/C19H22ClN3O4S.C18H20ClNO6S.H4N2.H2O/c1-2-27-19(24)14-9-16-15-10-21-23-17(15)7-12(22-16)8-18(14)28(25,26)13-5-3-11(20)4-6-13;1-2-26-18(23)11-7-13-9-17(22)15(10-21)16(8-11)20(13)27(24,25)14-5-3-12(19)4-6-14;1-2;/h3-6,10,12,14,16,18,22H,2,7-9H2,1H3,(H,21,23);3-6,10-11,13,16,21H,2,7-9H2,1H3;1-2H2;1H2/b;15-10-;;. The van der Waals surface area contributed by atoms with Crippen molar-refractivity contribution in [3.63, 3.8) is 0 Å². The zero-order valence-electron chi connectivity index (χ0n) is 31.7. The number of ketones is 1. The average Bonchev–Trinajstić information content (AvgIpc) is 3.60. The number of hydrazine groups is 1. The average molecular weight is 888 g/mol. The molecule has 2 aromatic carbocycles. The lowest BCUT2D eigenvalue weighted by atomic mass is 9.77. The molecule has 0 radical (unpaired) electrons. The van der Waals surface area contributed by atoms with Crippen molar-refractivity contribution in [3.05, 3.63) is 87.9 Å². The smallest absolute Gasteiger partial charge is 0.310 e. The molecule has 9 N–H and O–H groups in total. The highest BCUT2D eigenvalue weighted by atomic mass is 35.5. The van der Waals surface area contributed by atoms with Crippen molar-refractivity contribution in [2.75, 3.05) is 13.2 Å². The van der Waals surface area contributed by atoms with E-state index in [-0.39, 0.29) is 71.2 Å². The van der Waals surface area contributed by atoms with Crippen molar-refractivity contribution in [1.29, 1.82) is 0 Å². The van der Waals surface area contributed by atoms with E-state index in [0.717, 1.165) is 11.3 Å². The number of benzene rings is 2. The monoisotopic (exact) mass is 886 g/mol. The van der Waals surface area contributed by atoms with E-state index in [1.54, 1.807) is 32.2 Å². The number of nitrogens with one attached hydrogen (secondary N) is 2. The van der Waals surface area contributed by atoms with Crippen molar-refractivity contribution in [3.8, 4) is 0 Å². The summed E-state index contributed by atoms with van der Waals surface area (Å²) < 4.78 is 65.0. The van der Waals surface area contributed by atoms with Crippen molar-refractivity contribution in [1.82, 2.24) is 19.8 Å². The van der Waals surface area contributed by atoms with E-state index in [2.05, 4.69) is 27.2 Å². The number of aromatic amines is 1. The molecular formula is C37H48Cl2N6O11S2. The van der Waals surface area contributed by atoms with Crippen LogP contribution in [-0.4, -0.2) is 96.2 Å². The number of halogens is 2. The fourth-order valence-electron chi connectivity index (χ4n) is 8.12. The molecule has 3 aromatic rings. The Morgan fingerprint density at radius 1 is 0.897 bits per heavy atom. The van der Waals surface area contributed by atoms with E-state index in [1.807, 2.05) is 0 Å². The van der Waals surface area contributed by atoms with Gasteiger partial charge in [-0.1, -0.05) is 23.2 Å². The van der Waals surface area contributed by atoms with Gasteiger partial charge in [0.15, 0.2) is 15.6 Å². The maximum absolute atomic E-state index is 13.5. The Hall–Kier alpha value is -3.92. The number of carbonyl (C=O) groups excluding carboxylic acids is 3. The number of rotatable bonds is 8. The minimum Gasteiger partial charge on any atom is -0.515 e. The van der Waals surface area contributed by atoms with Gasteiger partial charge >= 0.3 is 11.9 Å². The van der Waals surface area contributed by atoms with Crippen LogP contribution in [-0.2, 0) is 50.1 Å². The van der Waals surface area contributed by atoms with Gasteiger partial charge in [0, 0.05) is 57.8 Å². The van der Waals surface area contributed by atoms with Gasteiger partial charge in [0.05, 0.1) is 58.6 Å². The number of piperidine rings is 2. The van der Waals surface area contributed by atoms with Crippen LogP contribution in [0.4, 0.5) is 0 Å². The lowest BCUT2D eigenvalue weighted by Crippen LogP contribution is -2.58. The van der Waals surface area contributed by atoms with Crippen LogP contribution in [0, 0.1) is 11.8 Å². The summed E-state index contributed by atoms with van der Waals surface area (Å²) in [7, 11) is -7.70. The number of hydrogen-bond donors (Lipinski definition) is 5. The summed E-state index contributed by atoms with van der Waals surface area (Å²) in [6.45, 7) is 3.85. The lowest BCUT2D eigenvalue weighted by Gasteiger charge is -2.46. The molecule has 0 spiro atoms. The molecular weight excluding hydrogens is 839 g/mol. The molecule has 0 aliphatic carbocycles. The van der Waals surface area contributed by atoms with Gasteiger partial charge in [-0.3, -0.25) is 31.2 Å². The summed E-state index contributed by atoms with van der Waals surface area (Å²) in [6.07, 6.45) is 3.91. The van der Waals surface area contributed by atoms with Gasteiger partial charge in [-0.05, 0) is 88.1 Å². The van der Waals surface area contributed by atoms with Crippen molar-refractivity contribution < 1.29 is 51.3 Å². The van der Waals surface area contributed by atoms with E-state index in [0.29, 0.717) is 35.6 Å². The molecule has 7 atom stereocenters. The van der Waals surface area contributed by atoms with Gasteiger partial charge in [-0.25, -0.2) is 16.8 Å². The molecule has 21 heteroatoms. The van der Waals surface area contributed by atoms with Gasteiger partial charge in [-0.15, -0.1) is 0 Å².